The molecular formula is C23H33N5O4. The Hall–Kier alpha value is -2.94. The molecule has 1 N–H and O–H groups in total. The summed E-state index contributed by atoms with van der Waals surface area (Å²) < 4.78 is 10.7. The molecule has 1 saturated heterocycles. The Balaban J connectivity index is 1.39. The van der Waals surface area contributed by atoms with Gasteiger partial charge in [-0.05, 0) is 34.1 Å². The molecule has 1 fully saturated rings. The average molecular weight is 444 g/mol. The van der Waals surface area contributed by atoms with Gasteiger partial charge < -0.3 is 19.5 Å². The quantitative estimate of drug-likeness (QED) is 0.656. The number of hydrogen-bond donors (Lipinski definition) is 1. The molecule has 2 amide bonds. The van der Waals surface area contributed by atoms with Gasteiger partial charge in [0.1, 0.15) is 5.60 Å². The van der Waals surface area contributed by atoms with Gasteiger partial charge in [-0.3, -0.25) is 9.69 Å². The lowest BCUT2D eigenvalue weighted by atomic mass is 10.2. The minimum atomic E-state index is -0.527. The molecule has 0 spiro atoms. The summed E-state index contributed by atoms with van der Waals surface area (Å²) in [4.78, 5) is 32.8. The number of carbonyl (C=O) groups excluding carboxylic acids is 2. The Bertz CT molecular complexity index is 885. The fourth-order valence-corrected chi connectivity index (χ4v) is 3.53. The molecule has 1 aliphatic heterocycles. The van der Waals surface area contributed by atoms with Gasteiger partial charge in [-0.15, -0.1) is 0 Å². The molecule has 0 radical (unpaired) electrons. The molecule has 2 aromatic rings. The van der Waals surface area contributed by atoms with Crippen molar-refractivity contribution in [3.8, 4) is 11.4 Å². The largest absolute Gasteiger partial charge is 0.444 e. The van der Waals surface area contributed by atoms with Gasteiger partial charge in [-0.1, -0.05) is 35.5 Å². The summed E-state index contributed by atoms with van der Waals surface area (Å²) in [7, 11) is 0. The minimum Gasteiger partial charge on any atom is -0.444 e. The molecule has 1 aromatic carbocycles. The molecule has 9 heteroatoms. The zero-order chi connectivity index (χ0) is 23.1. The predicted octanol–water partition coefficient (Wildman–Crippen LogP) is 3.25. The van der Waals surface area contributed by atoms with E-state index in [1.165, 1.54) is 0 Å². The molecule has 1 aromatic heterocycles. The Morgan fingerprint density at radius 2 is 1.84 bits per heavy atom. The van der Waals surface area contributed by atoms with E-state index < -0.39 is 11.7 Å². The first-order valence-corrected chi connectivity index (χ1v) is 11.1. The van der Waals surface area contributed by atoms with Crippen molar-refractivity contribution in [1.29, 1.82) is 0 Å². The molecule has 3 rings (SSSR count). The van der Waals surface area contributed by atoms with Crippen molar-refractivity contribution in [2.45, 2.75) is 52.2 Å². The van der Waals surface area contributed by atoms with Crippen LogP contribution in [-0.2, 0) is 9.53 Å². The summed E-state index contributed by atoms with van der Waals surface area (Å²) in [6, 6.07) is 9.72. The van der Waals surface area contributed by atoms with Gasteiger partial charge in [-0.2, -0.15) is 4.98 Å². The average Bonchev–Trinajstić information content (AvgIpc) is 3.26. The third-order valence-corrected chi connectivity index (χ3v) is 5.28. The van der Waals surface area contributed by atoms with Crippen molar-refractivity contribution in [2.24, 2.45) is 0 Å². The van der Waals surface area contributed by atoms with Gasteiger partial charge in [-0.25, -0.2) is 4.79 Å². The lowest BCUT2D eigenvalue weighted by molar-refractivity contribution is -0.133. The van der Waals surface area contributed by atoms with Crippen molar-refractivity contribution in [3.63, 3.8) is 0 Å². The molecule has 1 aliphatic rings. The number of hydrogen-bond acceptors (Lipinski definition) is 7. The number of nitrogens with one attached hydrogen (secondary N) is 1. The third kappa shape index (κ3) is 6.78. The van der Waals surface area contributed by atoms with Crippen molar-refractivity contribution < 1.29 is 18.8 Å². The number of amides is 2. The summed E-state index contributed by atoms with van der Waals surface area (Å²) in [6.07, 6.45) is 0.526. The van der Waals surface area contributed by atoms with Crippen molar-refractivity contribution >= 4 is 12.0 Å². The maximum atomic E-state index is 12.5. The normalized spacial score (nSPS) is 15.9. The Morgan fingerprint density at radius 1 is 1.16 bits per heavy atom. The first kappa shape index (κ1) is 23.7. The highest BCUT2D eigenvalue weighted by atomic mass is 16.6. The highest BCUT2D eigenvalue weighted by Gasteiger charge is 2.27. The van der Waals surface area contributed by atoms with E-state index in [0.717, 1.165) is 18.7 Å². The van der Waals surface area contributed by atoms with Crippen LogP contribution in [0.15, 0.2) is 34.9 Å². The van der Waals surface area contributed by atoms with Crippen LogP contribution in [0.1, 0.15) is 52.5 Å². The summed E-state index contributed by atoms with van der Waals surface area (Å²) in [6.45, 7) is 10.7. The minimum absolute atomic E-state index is 0.0183. The van der Waals surface area contributed by atoms with Crippen LogP contribution in [0.25, 0.3) is 11.4 Å². The Morgan fingerprint density at radius 3 is 2.50 bits per heavy atom. The highest BCUT2D eigenvalue weighted by molar-refractivity contribution is 5.76. The Labute approximate surface area is 189 Å². The maximum Gasteiger partial charge on any atom is 0.407 e. The third-order valence-electron chi connectivity index (χ3n) is 5.28. The molecule has 0 aliphatic carbocycles. The lowest BCUT2D eigenvalue weighted by Gasteiger charge is -2.36. The van der Waals surface area contributed by atoms with Crippen LogP contribution in [0, 0.1) is 0 Å². The highest BCUT2D eigenvalue weighted by Crippen LogP contribution is 2.23. The van der Waals surface area contributed by atoms with Gasteiger partial charge >= 0.3 is 6.09 Å². The van der Waals surface area contributed by atoms with Gasteiger partial charge in [0, 0.05) is 44.7 Å². The second kappa shape index (κ2) is 10.6. The lowest BCUT2D eigenvalue weighted by Crippen LogP contribution is -2.49. The molecule has 1 unspecified atom stereocenters. The van der Waals surface area contributed by atoms with Crippen LogP contribution in [0.4, 0.5) is 4.79 Å². The number of alkyl carbamates (subject to hydrolysis) is 1. The van der Waals surface area contributed by atoms with E-state index in [1.807, 2.05) is 62.9 Å². The molecule has 1 atom stereocenters. The summed E-state index contributed by atoms with van der Waals surface area (Å²) in [5.74, 6) is 1.27. The van der Waals surface area contributed by atoms with Gasteiger partial charge in [0.2, 0.25) is 17.6 Å². The van der Waals surface area contributed by atoms with Crippen molar-refractivity contribution in [1.82, 2.24) is 25.3 Å². The number of aromatic nitrogens is 2. The first-order valence-electron chi connectivity index (χ1n) is 11.1. The van der Waals surface area contributed by atoms with Crippen LogP contribution >= 0.6 is 0 Å². The fraction of sp³-hybridized carbons (Fsp3) is 0.565. The smallest absolute Gasteiger partial charge is 0.407 e. The van der Waals surface area contributed by atoms with Crippen molar-refractivity contribution in [2.75, 3.05) is 32.7 Å². The number of carbonyl (C=O) groups is 2. The molecule has 2 heterocycles. The number of rotatable bonds is 7. The zero-order valence-electron chi connectivity index (χ0n) is 19.3. The van der Waals surface area contributed by atoms with Crippen LogP contribution < -0.4 is 5.32 Å². The van der Waals surface area contributed by atoms with Crippen molar-refractivity contribution in [3.05, 3.63) is 36.2 Å². The molecule has 0 saturated carbocycles. The predicted molar refractivity (Wildman–Crippen MR) is 120 cm³/mol. The Kier molecular flexibility index (Phi) is 7.84. The molecule has 174 valence electrons. The zero-order valence-corrected chi connectivity index (χ0v) is 19.3. The molecule has 9 nitrogen and oxygen atoms in total. The van der Waals surface area contributed by atoms with E-state index in [0.29, 0.717) is 44.2 Å². The van der Waals surface area contributed by atoms with E-state index in [1.54, 1.807) is 0 Å². The van der Waals surface area contributed by atoms with E-state index in [-0.39, 0.29) is 11.9 Å². The SMILES string of the molecule is CC(c1nc(-c2ccccc2)no1)N1CCN(C(=O)CCCNC(=O)OC(C)(C)C)CC1. The number of ether oxygens (including phenoxy) is 1. The topological polar surface area (TPSA) is 101 Å². The molecule has 0 bridgehead atoms. The van der Waals surface area contributed by atoms with Crippen LogP contribution in [0.2, 0.25) is 0 Å². The van der Waals surface area contributed by atoms with Crippen LogP contribution in [-0.4, -0.2) is 70.3 Å². The van der Waals surface area contributed by atoms with Crippen LogP contribution in [0.5, 0.6) is 0 Å². The molecule has 32 heavy (non-hydrogen) atoms. The van der Waals surface area contributed by atoms with E-state index >= 15 is 0 Å². The summed E-state index contributed by atoms with van der Waals surface area (Å²) in [5, 5.41) is 6.79. The monoisotopic (exact) mass is 443 g/mol. The summed E-state index contributed by atoms with van der Waals surface area (Å²) in [5.41, 5.74) is 0.396. The number of piperazine rings is 1. The van der Waals surface area contributed by atoms with Gasteiger partial charge in [0.05, 0.1) is 6.04 Å². The van der Waals surface area contributed by atoms with Gasteiger partial charge in [0.15, 0.2) is 0 Å². The van der Waals surface area contributed by atoms with Gasteiger partial charge in [0.25, 0.3) is 0 Å². The number of nitrogens with zero attached hydrogens (tertiary/aromatic N) is 4. The second-order valence-corrected chi connectivity index (χ2v) is 8.95. The fourth-order valence-electron chi connectivity index (χ4n) is 3.53. The second-order valence-electron chi connectivity index (χ2n) is 8.95. The van der Waals surface area contributed by atoms with Crippen LogP contribution in [0.3, 0.4) is 0 Å². The van der Waals surface area contributed by atoms with E-state index in [2.05, 4.69) is 20.4 Å². The van der Waals surface area contributed by atoms with E-state index in [4.69, 9.17) is 9.26 Å². The summed E-state index contributed by atoms with van der Waals surface area (Å²) >= 11 is 0. The first-order chi connectivity index (χ1) is 15.2. The number of benzene rings is 1. The van der Waals surface area contributed by atoms with E-state index in [9.17, 15) is 9.59 Å². The maximum absolute atomic E-state index is 12.5. The standard InChI is InChI=1S/C23H33N5O4/c1-17(21-25-20(26-32-21)18-9-6-5-7-10-18)27-13-15-28(16-14-27)19(29)11-8-12-24-22(30)31-23(2,3)4/h5-7,9-10,17H,8,11-16H2,1-4H3,(H,24,30). The molecular weight excluding hydrogens is 410 g/mol.